The van der Waals surface area contributed by atoms with Gasteiger partial charge in [-0.2, -0.15) is 16.1 Å². The Hall–Kier alpha value is -0.790. The number of hydrogen-bond donors (Lipinski definition) is 1. The second-order valence-electron chi connectivity index (χ2n) is 4.68. The van der Waals surface area contributed by atoms with Crippen molar-refractivity contribution in [3.63, 3.8) is 0 Å². The first-order valence-electron chi connectivity index (χ1n) is 6.28. The van der Waals surface area contributed by atoms with Gasteiger partial charge in [0, 0.05) is 18.8 Å². The van der Waals surface area contributed by atoms with Gasteiger partial charge in [-0.3, -0.25) is 0 Å². The Labute approximate surface area is 124 Å². The van der Waals surface area contributed by atoms with Crippen molar-refractivity contribution in [2.45, 2.75) is 31.2 Å². The van der Waals surface area contributed by atoms with Crippen LogP contribution in [0.3, 0.4) is 0 Å². The molecule has 0 amide bonds. The van der Waals surface area contributed by atoms with Gasteiger partial charge in [0.1, 0.15) is 5.82 Å². The first-order chi connectivity index (χ1) is 9.25. The van der Waals surface area contributed by atoms with Gasteiger partial charge in [-0.25, -0.2) is 12.8 Å². The van der Waals surface area contributed by atoms with E-state index in [1.165, 1.54) is 10.4 Å². The highest BCUT2D eigenvalue weighted by Gasteiger charge is 2.28. The number of rotatable bonds is 6. The Balaban J connectivity index is 3.26. The minimum Gasteiger partial charge on any atom is -0.396 e. The van der Waals surface area contributed by atoms with Gasteiger partial charge >= 0.3 is 0 Å². The van der Waals surface area contributed by atoms with E-state index in [-0.39, 0.29) is 16.6 Å². The highest BCUT2D eigenvalue weighted by molar-refractivity contribution is 7.98. The molecule has 20 heavy (non-hydrogen) atoms. The summed E-state index contributed by atoms with van der Waals surface area (Å²) < 4.78 is 40.0. The lowest BCUT2D eigenvalue weighted by Gasteiger charge is -2.26. The molecule has 1 atom stereocenters. The number of nitrogens with two attached hydrogens (primary N) is 1. The third-order valence-corrected chi connectivity index (χ3v) is 6.07. The van der Waals surface area contributed by atoms with Crippen LogP contribution >= 0.6 is 11.8 Å². The highest BCUT2D eigenvalue weighted by Crippen LogP contribution is 2.26. The molecule has 114 valence electrons. The maximum Gasteiger partial charge on any atom is 0.243 e. The molecule has 0 radical (unpaired) electrons. The Morgan fingerprint density at radius 2 is 2.05 bits per heavy atom. The average molecular weight is 320 g/mol. The van der Waals surface area contributed by atoms with Gasteiger partial charge in [0.05, 0.1) is 10.6 Å². The van der Waals surface area contributed by atoms with Crippen LogP contribution in [0.2, 0.25) is 0 Å². The summed E-state index contributed by atoms with van der Waals surface area (Å²) in [4.78, 5) is 0.0680. The average Bonchev–Trinajstić information content (AvgIpc) is 2.39. The summed E-state index contributed by atoms with van der Waals surface area (Å²) in [6.07, 6.45) is 2.65. The van der Waals surface area contributed by atoms with Gasteiger partial charge in [0.2, 0.25) is 10.0 Å². The fourth-order valence-corrected chi connectivity index (χ4v) is 4.58. The number of anilines is 1. The van der Waals surface area contributed by atoms with Crippen LogP contribution in [-0.2, 0) is 10.0 Å². The van der Waals surface area contributed by atoms with E-state index in [1.807, 2.05) is 13.2 Å². The minimum absolute atomic E-state index is 0.0680. The zero-order valence-electron chi connectivity index (χ0n) is 12.2. The molecule has 0 saturated carbocycles. The first-order valence-corrected chi connectivity index (χ1v) is 9.11. The number of halogens is 1. The zero-order chi connectivity index (χ0) is 15.5. The summed E-state index contributed by atoms with van der Waals surface area (Å²) in [6.45, 7) is 3.51. The zero-order valence-corrected chi connectivity index (χ0v) is 13.8. The lowest BCUT2D eigenvalue weighted by molar-refractivity contribution is 0.385. The number of nitrogen functional groups attached to an aromatic ring is 1. The summed E-state index contributed by atoms with van der Waals surface area (Å²) in [5.74, 6) is 0.113. The maximum atomic E-state index is 13.4. The molecule has 0 aliphatic rings. The van der Waals surface area contributed by atoms with Crippen molar-refractivity contribution in [1.82, 2.24) is 4.31 Å². The minimum atomic E-state index is -3.67. The van der Waals surface area contributed by atoms with Crippen molar-refractivity contribution in [3.05, 3.63) is 23.5 Å². The molecule has 0 saturated heterocycles. The number of benzene rings is 1. The monoisotopic (exact) mass is 320 g/mol. The molecule has 1 aromatic rings. The summed E-state index contributed by atoms with van der Waals surface area (Å²) in [5.41, 5.74) is 5.70. The molecule has 2 N–H and O–H groups in total. The van der Waals surface area contributed by atoms with E-state index in [0.717, 1.165) is 6.07 Å². The summed E-state index contributed by atoms with van der Waals surface area (Å²) in [7, 11) is -2.11. The molecule has 0 spiro atoms. The van der Waals surface area contributed by atoms with Crippen LogP contribution in [0.5, 0.6) is 0 Å². The molecule has 0 aliphatic carbocycles. The molecule has 0 bridgehead atoms. The fraction of sp³-hybridized carbons (Fsp3) is 0.538. The lowest BCUT2D eigenvalue weighted by Crippen LogP contribution is -2.38. The summed E-state index contributed by atoms with van der Waals surface area (Å²) in [5, 5.41) is 0. The molecule has 4 nitrogen and oxygen atoms in total. The lowest BCUT2D eigenvalue weighted by atomic mass is 10.2. The van der Waals surface area contributed by atoms with Crippen molar-refractivity contribution in [2.75, 3.05) is 24.8 Å². The topological polar surface area (TPSA) is 63.4 Å². The Kier molecular flexibility index (Phi) is 5.85. The smallest absolute Gasteiger partial charge is 0.243 e. The number of thioether (sulfide) groups is 1. The normalized spacial score (nSPS) is 13.7. The molecular weight excluding hydrogens is 299 g/mol. The van der Waals surface area contributed by atoms with Gasteiger partial charge in [0.15, 0.2) is 0 Å². The summed E-state index contributed by atoms with van der Waals surface area (Å²) in [6, 6.07) is 2.26. The number of sulfonamides is 1. The third kappa shape index (κ3) is 3.45. The largest absolute Gasteiger partial charge is 0.396 e. The van der Waals surface area contributed by atoms with Crippen LogP contribution in [0.4, 0.5) is 10.1 Å². The SMILES string of the molecule is CCC(CSC)N(C)S(=O)(=O)c1cc(N)c(F)cc1C. The maximum absolute atomic E-state index is 13.4. The van der Waals surface area contributed by atoms with Crippen LogP contribution in [0, 0.1) is 12.7 Å². The summed E-state index contributed by atoms with van der Waals surface area (Å²) >= 11 is 1.59. The molecule has 0 aliphatic heterocycles. The fourth-order valence-electron chi connectivity index (χ4n) is 1.97. The Bertz CT molecular complexity index is 576. The number of nitrogens with zero attached hydrogens (tertiary/aromatic N) is 1. The van der Waals surface area contributed by atoms with Crippen molar-refractivity contribution in [3.8, 4) is 0 Å². The molecule has 0 fully saturated rings. The van der Waals surface area contributed by atoms with E-state index in [1.54, 1.807) is 25.7 Å². The van der Waals surface area contributed by atoms with Crippen LogP contribution in [0.1, 0.15) is 18.9 Å². The van der Waals surface area contributed by atoms with E-state index in [9.17, 15) is 12.8 Å². The van der Waals surface area contributed by atoms with Gasteiger partial charge < -0.3 is 5.73 Å². The van der Waals surface area contributed by atoms with E-state index < -0.39 is 15.8 Å². The molecule has 0 aromatic heterocycles. The molecule has 1 unspecified atom stereocenters. The predicted octanol–water partition coefficient (Wildman–Crippen LogP) is 2.48. The van der Waals surface area contributed by atoms with E-state index in [0.29, 0.717) is 17.7 Å². The second-order valence-corrected chi connectivity index (χ2v) is 7.55. The van der Waals surface area contributed by atoms with Crippen molar-refractivity contribution in [1.29, 1.82) is 0 Å². The van der Waals surface area contributed by atoms with Gasteiger partial charge in [-0.15, -0.1) is 0 Å². The first kappa shape index (κ1) is 17.3. The molecule has 7 heteroatoms. The van der Waals surface area contributed by atoms with Crippen molar-refractivity contribution in [2.24, 2.45) is 0 Å². The van der Waals surface area contributed by atoms with Gasteiger partial charge in [-0.05, 0) is 37.3 Å². The highest BCUT2D eigenvalue weighted by atomic mass is 32.2. The Morgan fingerprint density at radius 3 is 2.55 bits per heavy atom. The predicted molar refractivity (Wildman–Crippen MR) is 83.0 cm³/mol. The van der Waals surface area contributed by atoms with Crippen LogP contribution in [0.25, 0.3) is 0 Å². The third-order valence-electron chi connectivity index (χ3n) is 3.30. The molecule has 1 rings (SSSR count). The van der Waals surface area contributed by atoms with Crippen LogP contribution < -0.4 is 5.73 Å². The molecule has 0 heterocycles. The molecule has 1 aromatic carbocycles. The van der Waals surface area contributed by atoms with E-state index in [2.05, 4.69) is 0 Å². The second kappa shape index (κ2) is 6.78. The van der Waals surface area contributed by atoms with Crippen molar-refractivity contribution < 1.29 is 12.8 Å². The van der Waals surface area contributed by atoms with E-state index >= 15 is 0 Å². The van der Waals surface area contributed by atoms with Crippen molar-refractivity contribution >= 4 is 27.5 Å². The number of aryl methyl sites for hydroxylation is 1. The van der Waals surface area contributed by atoms with Gasteiger partial charge in [0.25, 0.3) is 0 Å². The van der Waals surface area contributed by atoms with Gasteiger partial charge in [-0.1, -0.05) is 6.92 Å². The van der Waals surface area contributed by atoms with Crippen LogP contribution in [-0.4, -0.2) is 37.8 Å². The van der Waals surface area contributed by atoms with Crippen LogP contribution in [0.15, 0.2) is 17.0 Å². The Morgan fingerprint density at radius 1 is 1.45 bits per heavy atom. The molecular formula is C13H21FN2O2S2. The quantitative estimate of drug-likeness (QED) is 0.818. The standard InChI is InChI=1S/C13H21FN2O2S2/c1-5-10(8-19-4)16(3)20(17,18)13-7-12(15)11(14)6-9(13)2/h6-7,10H,5,8,15H2,1-4H3. The number of hydrogen-bond acceptors (Lipinski definition) is 4. The van der Waals surface area contributed by atoms with E-state index in [4.69, 9.17) is 5.73 Å².